The van der Waals surface area contributed by atoms with Crippen molar-refractivity contribution in [2.45, 2.75) is 6.92 Å². The Kier molecular flexibility index (Phi) is 3.00. The molecule has 1 N–H and O–H groups in total. The molecule has 0 saturated carbocycles. The van der Waals surface area contributed by atoms with Crippen LogP contribution in [0.4, 0.5) is 0 Å². The molecule has 0 bridgehead atoms. The zero-order chi connectivity index (χ0) is 13.2. The molecule has 2 aromatic rings. The van der Waals surface area contributed by atoms with Crippen molar-refractivity contribution in [2.75, 3.05) is 0 Å². The average Bonchev–Trinajstić information content (AvgIpc) is 2.44. The number of phenolic OH excluding ortho intramolecular Hbond substituents is 1. The lowest BCUT2D eigenvalue weighted by atomic mass is 9.55. The summed E-state index contributed by atoms with van der Waals surface area (Å²) in [5.41, 5.74) is 5.81. The van der Waals surface area contributed by atoms with Crippen LogP contribution < -0.4 is 10.9 Å². The van der Waals surface area contributed by atoms with Gasteiger partial charge >= 0.3 is 0 Å². The van der Waals surface area contributed by atoms with Gasteiger partial charge in [-0.25, -0.2) is 0 Å². The number of aromatic hydroxyl groups is 1. The van der Waals surface area contributed by atoms with Gasteiger partial charge in [0.25, 0.3) is 0 Å². The Hall–Kier alpha value is -2.22. The van der Waals surface area contributed by atoms with E-state index in [4.69, 9.17) is 0 Å². The number of phenols is 1. The van der Waals surface area contributed by atoms with E-state index >= 15 is 0 Å². The maximum absolute atomic E-state index is 9.72. The van der Waals surface area contributed by atoms with Crippen LogP contribution in [0, 0.1) is 0 Å². The van der Waals surface area contributed by atoms with E-state index < -0.39 is 0 Å². The quantitative estimate of drug-likeness (QED) is 0.652. The SMILES string of the molecule is C/C=C/C=C1\c2ccccc2[B]c2ccc(O)cc21. The van der Waals surface area contributed by atoms with Crippen LogP contribution in [0.25, 0.3) is 5.57 Å². The van der Waals surface area contributed by atoms with Gasteiger partial charge in [-0.3, -0.25) is 0 Å². The molecule has 0 aromatic heterocycles. The lowest BCUT2D eigenvalue weighted by Crippen LogP contribution is -2.36. The van der Waals surface area contributed by atoms with Gasteiger partial charge in [0.1, 0.15) is 5.75 Å². The van der Waals surface area contributed by atoms with Crippen molar-refractivity contribution >= 4 is 23.8 Å². The Labute approximate surface area is 114 Å². The number of hydrogen-bond acceptors (Lipinski definition) is 1. The normalized spacial score (nSPS) is 15.1. The van der Waals surface area contributed by atoms with Crippen molar-refractivity contribution in [3.05, 3.63) is 71.8 Å². The van der Waals surface area contributed by atoms with E-state index in [1.54, 1.807) is 6.07 Å². The summed E-state index contributed by atoms with van der Waals surface area (Å²) in [6.45, 7) is 2.00. The van der Waals surface area contributed by atoms with Crippen LogP contribution in [0.15, 0.2) is 60.7 Å². The van der Waals surface area contributed by atoms with Crippen molar-refractivity contribution in [1.82, 2.24) is 0 Å². The van der Waals surface area contributed by atoms with E-state index in [0.29, 0.717) is 5.75 Å². The van der Waals surface area contributed by atoms with E-state index in [2.05, 4.69) is 25.5 Å². The summed E-state index contributed by atoms with van der Waals surface area (Å²) in [6, 6.07) is 13.9. The molecule has 3 rings (SSSR count). The van der Waals surface area contributed by atoms with Crippen molar-refractivity contribution < 1.29 is 5.11 Å². The minimum atomic E-state index is 0.304. The molecule has 91 valence electrons. The molecule has 1 aliphatic heterocycles. The number of rotatable bonds is 1. The maximum atomic E-state index is 9.72. The predicted molar refractivity (Wildman–Crippen MR) is 81.5 cm³/mol. The Morgan fingerprint density at radius 1 is 1.00 bits per heavy atom. The highest BCUT2D eigenvalue weighted by atomic mass is 16.3. The lowest BCUT2D eigenvalue weighted by Gasteiger charge is -2.22. The van der Waals surface area contributed by atoms with Gasteiger partial charge in [0.15, 0.2) is 7.28 Å². The summed E-state index contributed by atoms with van der Waals surface area (Å²) in [7, 11) is 2.16. The summed E-state index contributed by atoms with van der Waals surface area (Å²) < 4.78 is 0. The van der Waals surface area contributed by atoms with Gasteiger partial charge in [-0.1, -0.05) is 59.5 Å². The third-order valence-corrected chi connectivity index (χ3v) is 3.34. The number of hydrogen-bond donors (Lipinski definition) is 1. The van der Waals surface area contributed by atoms with E-state index in [1.807, 2.05) is 43.3 Å². The summed E-state index contributed by atoms with van der Waals surface area (Å²) in [6.07, 6.45) is 6.14. The Morgan fingerprint density at radius 2 is 1.79 bits per heavy atom. The first-order valence-corrected chi connectivity index (χ1v) is 6.40. The zero-order valence-corrected chi connectivity index (χ0v) is 10.8. The summed E-state index contributed by atoms with van der Waals surface area (Å²) in [5, 5.41) is 9.72. The fourth-order valence-electron chi connectivity index (χ4n) is 2.46. The van der Waals surface area contributed by atoms with E-state index in [9.17, 15) is 5.11 Å². The Bertz CT molecular complexity index is 683. The average molecular weight is 245 g/mol. The predicted octanol–water partition coefficient (Wildman–Crippen LogP) is 2.37. The highest BCUT2D eigenvalue weighted by Crippen LogP contribution is 2.26. The van der Waals surface area contributed by atoms with Crippen LogP contribution >= 0.6 is 0 Å². The number of allylic oxidation sites excluding steroid dienone is 3. The molecule has 0 unspecified atom stereocenters. The Morgan fingerprint density at radius 3 is 2.63 bits per heavy atom. The Balaban J connectivity index is 2.25. The molecular formula is C17H14BO. The molecule has 0 aliphatic carbocycles. The molecule has 2 heteroatoms. The van der Waals surface area contributed by atoms with Gasteiger partial charge in [-0.05, 0) is 35.8 Å². The van der Waals surface area contributed by atoms with Crippen LogP contribution in [0.3, 0.4) is 0 Å². The smallest absolute Gasteiger partial charge is 0.193 e. The van der Waals surface area contributed by atoms with Crippen molar-refractivity contribution in [3.63, 3.8) is 0 Å². The molecule has 0 spiro atoms. The molecule has 1 heterocycles. The highest BCUT2D eigenvalue weighted by molar-refractivity contribution is 6.70. The standard InChI is InChI=1S/C17H14BO/c1-2-3-6-13-14-7-4-5-8-16(14)18-17-10-9-12(19)11-15(13)17/h2-11,19H,1H3/b3-2+,13-6+. The van der Waals surface area contributed by atoms with Crippen LogP contribution in [-0.4, -0.2) is 12.4 Å². The van der Waals surface area contributed by atoms with Crippen LogP contribution in [-0.2, 0) is 0 Å². The summed E-state index contributed by atoms with van der Waals surface area (Å²) in [5.74, 6) is 0.304. The monoisotopic (exact) mass is 245 g/mol. The van der Waals surface area contributed by atoms with Crippen LogP contribution in [0.2, 0.25) is 0 Å². The second kappa shape index (κ2) is 4.81. The van der Waals surface area contributed by atoms with Gasteiger partial charge in [0.05, 0.1) is 0 Å². The van der Waals surface area contributed by atoms with Gasteiger partial charge in [0.2, 0.25) is 0 Å². The first kappa shape index (κ1) is 11.9. The molecule has 1 radical (unpaired) electrons. The number of benzene rings is 2. The largest absolute Gasteiger partial charge is 0.508 e. The molecule has 0 amide bonds. The third-order valence-electron chi connectivity index (χ3n) is 3.34. The maximum Gasteiger partial charge on any atom is 0.193 e. The van der Waals surface area contributed by atoms with Crippen LogP contribution in [0.5, 0.6) is 5.75 Å². The number of fused-ring (bicyclic) bond motifs is 2. The van der Waals surface area contributed by atoms with E-state index in [0.717, 1.165) is 16.6 Å². The molecule has 19 heavy (non-hydrogen) atoms. The third kappa shape index (κ3) is 2.10. The minimum absolute atomic E-state index is 0.304. The van der Waals surface area contributed by atoms with E-state index in [-0.39, 0.29) is 0 Å². The fraction of sp³-hybridized carbons (Fsp3) is 0.0588. The van der Waals surface area contributed by atoms with Crippen molar-refractivity contribution in [2.24, 2.45) is 0 Å². The molecule has 1 nitrogen and oxygen atoms in total. The van der Waals surface area contributed by atoms with Gasteiger partial charge in [-0.2, -0.15) is 0 Å². The van der Waals surface area contributed by atoms with Crippen LogP contribution in [0.1, 0.15) is 18.1 Å². The van der Waals surface area contributed by atoms with Crippen molar-refractivity contribution in [3.8, 4) is 5.75 Å². The molecular weight excluding hydrogens is 231 g/mol. The fourth-order valence-corrected chi connectivity index (χ4v) is 2.46. The topological polar surface area (TPSA) is 20.2 Å². The summed E-state index contributed by atoms with van der Waals surface area (Å²) in [4.78, 5) is 0. The van der Waals surface area contributed by atoms with Gasteiger partial charge in [-0.15, -0.1) is 0 Å². The molecule has 0 atom stereocenters. The molecule has 1 aliphatic rings. The summed E-state index contributed by atoms with van der Waals surface area (Å²) >= 11 is 0. The zero-order valence-electron chi connectivity index (χ0n) is 10.8. The second-order valence-electron chi connectivity index (χ2n) is 4.61. The van der Waals surface area contributed by atoms with Gasteiger partial charge < -0.3 is 5.11 Å². The van der Waals surface area contributed by atoms with Crippen molar-refractivity contribution in [1.29, 1.82) is 0 Å². The second-order valence-corrected chi connectivity index (χ2v) is 4.61. The first-order valence-electron chi connectivity index (χ1n) is 6.40. The molecule has 2 aromatic carbocycles. The minimum Gasteiger partial charge on any atom is -0.508 e. The van der Waals surface area contributed by atoms with Gasteiger partial charge in [0, 0.05) is 0 Å². The molecule has 0 fully saturated rings. The highest BCUT2D eigenvalue weighted by Gasteiger charge is 2.20. The first-order chi connectivity index (χ1) is 9.29. The van der Waals surface area contributed by atoms with E-state index in [1.165, 1.54) is 11.0 Å². The lowest BCUT2D eigenvalue weighted by molar-refractivity contribution is 0.475. The molecule has 0 saturated heterocycles.